The van der Waals surface area contributed by atoms with Gasteiger partial charge in [-0.15, -0.1) is 0 Å². The lowest BCUT2D eigenvalue weighted by atomic mass is 10.1. The molecule has 0 bridgehead atoms. The number of amides is 1. The lowest BCUT2D eigenvalue weighted by molar-refractivity contribution is 0.0935. The van der Waals surface area contributed by atoms with Crippen molar-refractivity contribution in [2.24, 2.45) is 0 Å². The Morgan fingerprint density at radius 1 is 1.21 bits per heavy atom. The second kappa shape index (κ2) is 4.37. The third-order valence-corrected chi connectivity index (χ3v) is 3.78. The second-order valence-corrected chi connectivity index (χ2v) is 4.98. The Morgan fingerprint density at radius 2 is 1.95 bits per heavy atom. The Labute approximate surface area is 116 Å². The zero-order valence-electron chi connectivity index (χ0n) is 10.3. The molecule has 1 N–H and O–H groups in total. The standard InChI is InChI=1S/C15H12ClNO2/c1-9-8-10(6-7-13(9)16)17-14(18)11-4-2-3-5-12(11)15(17)19/h2-8,14,18H,1H3. The van der Waals surface area contributed by atoms with Crippen LogP contribution in [0.1, 0.15) is 27.7 Å². The quantitative estimate of drug-likeness (QED) is 0.866. The molecule has 0 saturated heterocycles. The van der Waals surface area contributed by atoms with E-state index < -0.39 is 6.23 Å². The van der Waals surface area contributed by atoms with Crippen molar-refractivity contribution >= 4 is 23.2 Å². The van der Waals surface area contributed by atoms with Crippen LogP contribution in [-0.2, 0) is 0 Å². The van der Waals surface area contributed by atoms with Crippen LogP contribution in [0.3, 0.4) is 0 Å². The van der Waals surface area contributed by atoms with Crippen LogP contribution >= 0.6 is 11.6 Å². The third kappa shape index (κ3) is 1.82. The molecule has 1 heterocycles. The molecule has 1 unspecified atom stereocenters. The molecule has 4 heteroatoms. The van der Waals surface area contributed by atoms with E-state index in [0.29, 0.717) is 21.8 Å². The lowest BCUT2D eigenvalue weighted by Gasteiger charge is -2.21. The molecular weight excluding hydrogens is 262 g/mol. The minimum Gasteiger partial charge on any atom is -0.369 e. The van der Waals surface area contributed by atoms with Gasteiger partial charge in [0.15, 0.2) is 6.23 Å². The molecule has 3 rings (SSSR count). The highest BCUT2D eigenvalue weighted by molar-refractivity contribution is 6.31. The highest BCUT2D eigenvalue weighted by atomic mass is 35.5. The van der Waals surface area contributed by atoms with Crippen LogP contribution in [0.15, 0.2) is 42.5 Å². The molecule has 0 spiro atoms. The first-order valence-electron chi connectivity index (χ1n) is 5.96. The van der Waals surface area contributed by atoms with Crippen molar-refractivity contribution in [3.8, 4) is 0 Å². The van der Waals surface area contributed by atoms with Gasteiger partial charge in [0, 0.05) is 21.8 Å². The number of fused-ring (bicyclic) bond motifs is 1. The number of aliphatic hydroxyl groups is 1. The smallest absolute Gasteiger partial charge is 0.261 e. The van der Waals surface area contributed by atoms with Crippen molar-refractivity contribution in [2.45, 2.75) is 13.2 Å². The van der Waals surface area contributed by atoms with Crippen LogP contribution in [0.25, 0.3) is 0 Å². The fourth-order valence-electron chi connectivity index (χ4n) is 2.33. The summed E-state index contributed by atoms with van der Waals surface area (Å²) in [5, 5.41) is 10.9. The number of aryl methyl sites for hydroxylation is 1. The molecule has 19 heavy (non-hydrogen) atoms. The van der Waals surface area contributed by atoms with Crippen molar-refractivity contribution < 1.29 is 9.90 Å². The van der Waals surface area contributed by atoms with Gasteiger partial charge in [0.1, 0.15) is 0 Å². The molecule has 3 nitrogen and oxygen atoms in total. The molecule has 2 aromatic carbocycles. The van der Waals surface area contributed by atoms with Crippen molar-refractivity contribution in [3.05, 3.63) is 64.2 Å². The van der Waals surface area contributed by atoms with E-state index in [2.05, 4.69) is 0 Å². The van der Waals surface area contributed by atoms with Crippen molar-refractivity contribution in [1.29, 1.82) is 0 Å². The number of carbonyl (C=O) groups is 1. The van der Waals surface area contributed by atoms with Gasteiger partial charge in [0.25, 0.3) is 5.91 Å². The van der Waals surface area contributed by atoms with Gasteiger partial charge < -0.3 is 5.11 Å². The maximum Gasteiger partial charge on any atom is 0.261 e. The second-order valence-electron chi connectivity index (χ2n) is 4.57. The molecule has 0 aromatic heterocycles. The van der Waals surface area contributed by atoms with Crippen LogP contribution in [0.5, 0.6) is 0 Å². The normalized spacial score (nSPS) is 17.7. The number of rotatable bonds is 1. The number of halogens is 1. The van der Waals surface area contributed by atoms with Crippen LogP contribution in [0.4, 0.5) is 5.69 Å². The molecule has 2 aromatic rings. The summed E-state index contributed by atoms with van der Waals surface area (Å²) in [5.41, 5.74) is 2.70. The zero-order chi connectivity index (χ0) is 13.6. The maximum absolute atomic E-state index is 12.3. The summed E-state index contributed by atoms with van der Waals surface area (Å²) in [4.78, 5) is 13.7. The Balaban J connectivity index is 2.08. The number of hydrogen-bond acceptors (Lipinski definition) is 2. The molecule has 0 radical (unpaired) electrons. The van der Waals surface area contributed by atoms with E-state index >= 15 is 0 Å². The Bertz CT molecular complexity index is 669. The highest BCUT2D eigenvalue weighted by Crippen LogP contribution is 2.36. The fraction of sp³-hybridized carbons (Fsp3) is 0.133. The average molecular weight is 274 g/mol. The summed E-state index contributed by atoms with van der Waals surface area (Å²) in [5.74, 6) is -0.190. The molecule has 1 atom stereocenters. The number of aliphatic hydroxyl groups excluding tert-OH is 1. The molecular formula is C15H12ClNO2. The molecule has 0 aliphatic carbocycles. The van der Waals surface area contributed by atoms with E-state index in [9.17, 15) is 9.90 Å². The number of carbonyl (C=O) groups excluding carboxylic acids is 1. The van der Waals surface area contributed by atoms with Crippen molar-refractivity contribution in [3.63, 3.8) is 0 Å². The van der Waals surface area contributed by atoms with E-state index in [0.717, 1.165) is 5.56 Å². The van der Waals surface area contributed by atoms with Gasteiger partial charge in [-0.1, -0.05) is 29.8 Å². The van der Waals surface area contributed by atoms with Crippen LogP contribution < -0.4 is 4.90 Å². The number of benzene rings is 2. The van der Waals surface area contributed by atoms with Gasteiger partial charge in [-0.2, -0.15) is 0 Å². The van der Waals surface area contributed by atoms with Crippen molar-refractivity contribution in [2.75, 3.05) is 4.90 Å². The largest absolute Gasteiger partial charge is 0.369 e. The predicted molar refractivity (Wildman–Crippen MR) is 74.4 cm³/mol. The van der Waals surface area contributed by atoms with Gasteiger partial charge in [-0.05, 0) is 36.8 Å². The predicted octanol–water partition coefficient (Wildman–Crippen LogP) is 3.30. The first-order valence-corrected chi connectivity index (χ1v) is 6.34. The summed E-state index contributed by atoms with van der Waals surface area (Å²) >= 11 is 5.98. The van der Waals surface area contributed by atoms with Crippen LogP contribution in [-0.4, -0.2) is 11.0 Å². The summed E-state index contributed by atoms with van der Waals surface area (Å²) in [6, 6.07) is 12.4. The minimum atomic E-state index is -0.940. The number of anilines is 1. The van der Waals surface area contributed by atoms with E-state index in [1.807, 2.05) is 13.0 Å². The zero-order valence-corrected chi connectivity index (χ0v) is 11.1. The molecule has 1 aliphatic rings. The topological polar surface area (TPSA) is 40.5 Å². The van der Waals surface area contributed by atoms with E-state index in [-0.39, 0.29) is 5.91 Å². The van der Waals surface area contributed by atoms with Gasteiger partial charge in [-0.25, -0.2) is 0 Å². The number of nitrogens with zero attached hydrogens (tertiary/aromatic N) is 1. The van der Waals surface area contributed by atoms with Gasteiger partial charge in [0.05, 0.1) is 0 Å². The van der Waals surface area contributed by atoms with E-state index in [1.165, 1.54) is 4.90 Å². The SMILES string of the molecule is Cc1cc(N2C(=O)c3ccccc3C2O)ccc1Cl. The van der Waals surface area contributed by atoms with Crippen molar-refractivity contribution in [1.82, 2.24) is 0 Å². The third-order valence-electron chi connectivity index (χ3n) is 3.35. The Morgan fingerprint density at radius 3 is 2.63 bits per heavy atom. The molecule has 1 amide bonds. The van der Waals surface area contributed by atoms with Gasteiger partial charge in [-0.3, -0.25) is 9.69 Å². The molecule has 0 saturated carbocycles. The molecule has 96 valence electrons. The van der Waals surface area contributed by atoms with Crippen LogP contribution in [0.2, 0.25) is 5.02 Å². The van der Waals surface area contributed by atoms with Gasteiger partial charge >= 0.3 is 0 Å². The monoisotopic (exact) mass is 273 g/mol. The summed E-state index contributed by atoms with van der Waals surface area (Å²) in [6.07, 6.45) is -0.940. The van der Waals surface area contributed by atoms with E-state index in [1.54, 1.807) is 36.4 Å². The molecule has 0 fully saturated rings. The minimum absolute atomic E-state index is 0.190. The molecule has 1 aliphatic heterocycles. The maximum atomic E-state index is 12.3. The highest BCUT2D eigenvalue weighted by Gasteiger charge is 2.36. The lowest BCUT2D eigenvalue weighted by Crippen LogP contribution is -2.27. The van der Waals surface area contributed by atoms with Crippen LogP contribution in [0, 0.1) is 6.92 Å². The van der Waals surface area contributed by atoms with Gasteiger partial charge in [0.2, 0.25) is 0 Å². The average Bonchev–Trinajstić information content (AvgIpc) is 2.66. The first kappa shape index (κ1) is 12.2. The first-order chi connectivity index (χ1) is 9.09. The summed E-state index contributed by atoms with van der Waals surface area (Å²) < 4.78 is 0. The number of hydrogen-bond donors (Lipinski definition) is 1. The Hall–Kier alpha value is -1.84. The Kier molecular flexibility index (Phi) is 2.81. The summed E-state index contributed by atoms with van der Waals surface area (Å²) in [6.45, 7) is 1.87. The fourth-order valence-corrected chi connectivity index (χ4v) is 2.45. The van der Waals surface area contributed by atoms with E-state index in [4.69, 9.17) is 11.6 Å². The summed E-state index contributed by atoms with van der Waals surface area (Å²) in [7, 11) is 0.